The minimum Gasteiger partial charge on any atom is -0.497 e. The van der Waals surface area contributed by atoms with E-state index in [2.05, 4.69) is 58.7 Å². The summed E-state index contributed by atoms with van der Waals surface area (Å²) in [5.41, 5.74) is 2.51. The Kier molecular flexibility index (Phi) is 6.27. The fourth-order valence-electron chi connectivity index (χ4n) is 2.61. The zero-order valence-corrected chi connectivity index (χ0v) is 15.7. The summed E-state index contributed by atoms with van der Waals surface area (Å²) < 4.78 is 5.19. The van der Waals surface area contributed by atoms with E-state index in [0.717, 1.165) is 24.8 Å². The molecule has 23 heavy (non-hydrogen) atoms. The quantitative estimate of drug-likeness (QED) is 0.766. The first-order valence-corrected chi connectivity index (χ1v) is 7.46. The SMILES string of the molecule is COc1ccc(CN(C)C2=NCC(c3ccccc3)N2)cc1.I. The van der Waals surface area contributed by atoms with Crippen molar-refractivity contribution in [2.24, 2.45) is 4.99 Å². The smallest absolute Gasteiger partial charge is 0.194 e. The number of hydrogen-bond donors (Lipinski definition) is 1. The molecular formula is C18H22IN3O. The second kappa shape index (κ2) is 8.19. The molecule has 1 heterocycles. The Morgan fingerprint density at radius 1 is 1.13 bits per heavy atom. The van der Waals surface area contributed by atoms with Crippen LogP contribution in [-0.2, 0) is 6.54 Å². The van der Waals surface area contributed by atoms with Crippen LogP contribution in [0.5, 0.6) is 5.75 Å². The lowest BCUT2D eigenvalue weighted by Crippen LogP contribution is -2.36. The second-order valence-electron chi connectivity index (χ2n) is 5.48. The summed E-state index contributed by atoms with van der Waals surface area (Å²) >= 11 is 0. The third-order valence-electron chi connectivity index (χ3n) is 3.87. The molecule has 1 aliphatic rings. The highest BCUT2D eigenvalue weighted by Gasteiger charge is 2.21. The van der Waals surface area contributed by atoms with E-state index in [-0.39, 0.29) is 30.0 Å². The van der Waals surface area contributed by atoms with Gasteiger partial charge in [-0.2, -0.15) is 0 Å². The van der Waals surface area contributed by atoms with Crippen molar-refractivity contribution in [2.75, 3.05) is 20.7 Å². The van der Waals surface area contributed by atoms with Crippen molar-refractivity contribution in [3.63, 3.8) is 0 Å². The van der Waals surface area contributed by atoms with Crippen LogP contribution in [0.4, 0.5) is 0 Å². The van der Waals surface area contributed by atoms with Crippen LogP contribution in [0.25, 0.3) is 0 Å². The standard InChI is InChI=1S/C18H21N3O.HI/c1-21(13-14-8-10-16(22-2)11-9-14)18-19-12-17(20-18)15-6-4-3-5-7-15;/h3-11,17H,12-13H2,1-2H3,(H,19,20);1H. The predicted molar refractivity (Wildman–Crippen MR) is 104 cm³/mol. The highest BCUT2D eigenvalue weighted by atomic mass is 127. The maximum absolute atomic E-state index is 5.19. The first-order valence-electron chi connectivity index (χ1n) is 7.46. The Morgan fingerprint density at radius 2 is 1.83 bits per heavy atom. The summed E-state index contributed by atoms with van der Waals surface area (Å²) in [6.45, 7) is 1.60. The van der Waals surface area contributed by atoms with Gasteiger partial charge in [-0.3, -0.25) is 4.99 Å². The molecule has 2 aromatic rings. The number of nitrogens with zero attached hydrogens (tertiary/aromatic N) is 2. The van der Waals surface area contributed by atoms with Gasteiger partial charge in [0.05, 0.1) is 19.7 Å². The summed E-state index contributed by atoms with van der Waals surface area (Å²) in [6.07, 6.45) is 0. The van der Waals surface area contributed by atoms with Crippen molar-refractivity contribution in [3.8, 4) is 5.75 Å². The number of rotatable bonds is 4. The Balaban J connectivity index is 0.00000192. The molecule has 0 saturated carbocycles. The monoisotopic (exact) mass is 423 g/mol. The summed E-state index contributed by atoms with van der Waals surface area (Å²) in [4.78, 5) is 6.77. The maximum atomic E-state index is 5.19. The van der Waals surface area contributed by atoms with E-state index in [1.54, 1.807) is 7.11 Å². The Morgan fingerprint density at radius 3 is 2.48 bits per heavy atom. The summed E-state index contributed by atoms with van der Waals surface area (Å²) in [7, 11) is 3.74. The zero-order valence-electron chi connectivity index (χ0n) is 13.4. The largest absolute Gasteiger partial charge is 0.497 e. The topological polar surface area (TPSA) is 36.9 Å². The molecule has 4 nitrogen and oxygen atoms in total. The van der Waals surface area contributed by atoms with Gasteiger partial charge >= 0.3 is 0 Å². The molecule has 0 bridgehead atoms. The van der Waals surface area contributed by atoms with Gasteiger partial charge in [-0.15, -0.1) is 24.0 Å². The van der Waals surface area contributed by atoms with Gasteiger partial charge in [-0.1, -0.05) is 42.5 Å². The molecule has 0 spiro atoms. The van der Waals surface area contributed by atoms with Gasteiger partial charge in [0.25, 0.3) is 0 Å². The number of nitrogens with one attached hydrogen (secondary N) is 1. The lowest BCUT2D eigenvalue weighted by molar-refractivity contribution is 0.414. The van der Waals surface area contributed by atoms with Crippen LogP contribution in [0, 0.1) is 0 Å². The van der Waals surface area contributed by atoms with E-state index < -0.39 is 0 Å². The molecule has 0 amide bonds. The van der Waals surface area contributed by atoms with Crippen molar-refractivity contribution >= 4 is 29.9 Å². The molecule has 0 aromatic heterocycles. The van der Waals surface area contributed by atoms with E-state index in [0.29, 0.717) is 0 Å². The van der Waals surface area contributed by atoms with Crippen molar-refractivity contribution in [1.29, 1.82) is 0 Å². The molecule has 122 valence electrons. The predicted octanol–water partition coefficient (Wildman–Crippen LogP) is 3.45. The molecule has 1 unspecified atom stereocenters. The lowest BCUT2D eigenvalue weighted by atomic mass is 10.1. The van der Waals surface area contributed by atoms with Crippen molar-refractivity contribution in [2.45, 2.75) is 12.6 Å². The third-order valence-corrected chi connectivity index (χ3v) is 3.87. The van der Waals surface area contributed by atoms with Gasteiger partial charge in [-0.25, -0.2) is 0 Å². The van der Waals surface area contributed by atoms with Crippen molar-refractivity contribution < 1.29 is 4.74 Å². The van der Waals surface area contributed by atoms with E-state index in [1.165, 1.54) is 11.1 Å². The second-order valence-corrected chi connectivity index (χ2v) is 5.48. The average molecular weight is 423 g/mol. The van der Waals surface area contributed by atoms with Crippen LogP contribution in [0.2, 0.25) is 0 Å². The van der Waals surface area contributed by atoms with E-state index in [1.807, 2.05) is 18.2 Å². The molecule has 0 aliphatic carbocycles. The van der Waals surface area contributed by atoms with Crippen LogP contribution in [-0.4, -0.2) is 31.6 Å². The van der Waals surface area contributed by atoms with Crippen LogP contribution in [0.3, 0.4) is 0 Å². The molecule has 0 radical (unpaired) electrons. The van der Waals surface area contributed by atoms with Gasteiger partial charge in [0.1, 0.15) is 5.75 Å². The number of guanidine groups is 1. The number of methoxy groups -OCH3 is 1. The van der Waals surface area contributed by atoms with E-state index in [9.17, 15) is 0 Å². The van der Waals surface area contributed by atoms with Crippen LogP contribution in [0.1, 0.15) is 17.2 Å². The lowest BCUT2D eigenvalue weighted by Gasteiger charge is -2.21. The van der Waals surface area contributed by atoms with Gasteiger partial charge in [0.15, 0.2) is 5.96 Å². The highest BCUT2D eigenvalue weighted by Crippen LogP contribution is 2.18. The zero-order chi connectivity index (χ0) is 15.4. The minimum absolute atomic E-state index is 0. The maximum Gasteiger partial charge on any atom is 0.194 e. The molecule has 1 aliphatic heterocycles. The van der Waals surface area contributed by atoms with Crippen LogP contribution >= 0.6 is 24.0 Å². The Hall–Kier alpha value is -1.76. The Bertz CT molecular complexity index is 643. The van der Waals surface area contributed by atoms with Gasteiger partial charge in [-0.05, 0) is 23.3 Å². The third kappa shape index (κ3) is 4.37. The molecule has 3 rings (SSSR count). The Labute approximate surface area is 154 Å². The molecule has 1 atom stereocenters. The van der Waals surface area contributed by atoms with E-state index >= 15 is 0 Å². The van der Waals surface area contributed by atoms with Crippen LogP contribution in [0.15, 0.2) is 59.6 Å². The fraction of sp³-hybridized carbons (Fsp3) is 0.278. The average Bonchev–Trinajstić information content (AvgIpc) is 3.06. The molecule has 0 fully saturated rings. The summed E-state index contributed by atoms with van der Waals surface area (Å²) in [5.74, 6) is 1.83. The normalized spacial score (nSPS) is 16.1. The van der Waals surface area contributed by atoms with E-state index in [4.69, 9.17) is 4.74 Å². The molecule has 2 aromatic carbocycles. The molecule has 5 heteroatoms. The van der Waals surface area contributed by atoms with Crippen molar-refractivity contribution in [3.05, 3.63) is 65.7 Å². The summed E-state index contributed by atoms with van der Waals surface area (Å²) in [6, 6.07) is 18.9. The van der Waals surface area contributed by atoms with Crippen LogP contribution < -0.4 is 10.1 Å². The molecule has 1 N–H and O–H groups in total. The van der Waals surface area contributed by atoms with Crippen molar-refractivity contribution in [1.82, 2.24) is 10.2 Å². The molecule has 0 saturated heterocycles. The summed E-state index contributed by atoms with van der Waals surface area (Å²) in [5, 5.41) is 3.50. The number of hydrogen-bond acceptors (Lipinski definition) is 4. The first kappa shape index (κ1) is 17.6. The number of benzene rings is 2. The molecular weight excluding hydrogens is 401 g/mol. The van der Waals surface area contributed by atoms with Gasteiger partial charge in [0, 0.05) is 13.6 Å². The van der Waals surface area contributed by atoms with Gasteiger partial charge in [0.2, 0.25) is 0 Å². The fourth-order valence-corrected chi connectivity index (χ4v) is 2.61. The highest BCUT2D eigenvalue weighted by molar-refractivity contribution is 14.0. The number of halogens is 1. The minimum atomic E-state index is 0. The van der Waals surface area contributed by atoms with Gasteiger partial charge < -0.3 is 15.0 Å². The number of ether oxygens (including phenoxy) is 1. The number of aliphatic imine (C=N–C) groups is 1. The first-order chi connectivity index (χ1) is 10.8.